The van der Waals surface area contributed by atoms with E-state index in [1.165, 1.54) is 0 Å². The van der Waals surface area contributed by atoms with Crippen LogP contribution in [0.1, 0.15) is 32.8 Å². The maximum absolute atomic E-state index is 12.2. The smallest absolute Gasteiger partial charge is 0.231 e. The molecular weight excluding hydrogens is 272 g/mol. The molecule has 0 radical (unpaired) electrons. The molecule has 0 atom stereocenters. The fourth-order valence-corrected chi connectivity index (χ4v) is 2.29. The largest absolute Gasteiger partial charge is 0.454 e. The van der Waals surface area contributed by atoms with Crippen LogP contribution < -0.4 is 9.47 Å². The first-order valence-electron chi connectivity index (χ1n) is 6.51. The van der Waals surface area contributed by atoms with Gasteiger partial charge in [0.2, 0.25) is 6.79 Å². The molecule has 1 aliphatic rings. The van der Waals surface area contributed by atoms with Crippen molar-refractivity contribution in [3.8, 4) is 11.5 Å². The third kappa shape index (κ3) is 2.52. The first kappa shape index (κ1) is 13.4. The highest BCUT2D eigenvalue weighted by Gasteiger charge is 2.20. The molecule has 0 saturated heterocycles. The van der Waals surface area contributed by atoms with Gasteiger partial charge in [-0.1, -0.05) is 0 Å². The van der Waals surface area contributed by atoms with Crippen molar-refractivity contribution in [3.05, 3.63) is 41.2 Å². The molecule has 1 aliphatic heterocycles. The lowest BCUT2D eigenvalue weighted by Crippen LogP contribution is -2.09. The lowest BCUT2D eigenvalue weighted by molar-refractivity contribution is 0.0893. The second kappa shape index (κ2) is 5.05. The van der Waals surface area contributed by atoms with Gasteiger partial charge in [-0.05, 0) is 25.1 Å². The van der Waals surface area contributed by atoms with Crippen molar-refractivity contribution in [1.29, 1.82) is 0 Å². The number of carbonyl (C=O) groups excluding carboxylic acids is 2. The molecule has 0 spiro atoms. The van der Waals surface area contributed by atoms with Crippen LogP contribution in [0.3, 0.4) is 0 Å². The highest BCUT2D eigenvalue weighted by molar-refractivity contribution is 6.14. The van der Waals surface area contributed by atoms with Crippen LogP contribution in [-0.4, -0.2) is 28.1 Å². The fourth-order valence-electron chi connectivity index (χ4n) is 2.29. The summed E-state index contributed by atoms with van der Waals surface area (Å²) in [5, 5.41) is 4.11. The van der Waals surface area contributed by atoms with Crippen molar-refractivity contribution in [2.45, 2.75) is 13.3 Å². The number of fused-ring (bicyclic) bond motifs is 1. The van der Waals surface area contributed by atoms with Crippen LogP contribution in [0.4, 0.5) is 0 Å². The Morgan fingerprint density at radius 1 is 1.24 bits per heavy atom. The molecular formula is C15H14N2O4. The number of ether oxygens (including phenoxy) is 2. The molecule has 3 rings (SSSR count). The monoisotopic (exact) mass is 286 g/mol. The Kier molecular flexibility index (Phi) is 3.21. The van der Waals surface area contributed by atoms with E-state index in [4.69, 9.17) is 9.47 Å². The number of nitrogens with zero attached hydrogens (tertiary/aromatic N) is 2. The van der Waals surface area contributed by atoms with Gasteiger partial charge >= 0.3 is 0 Å². The van der Waals surface area contributed by atoms with E-state index < -0.39 is 0 Å². The van der Waals surface area contributed by atoms with E-state index in [2.05, 4.69) is 5.10 Å². The Hall–Kier alpha value is -2.63. The maximum Gasteiger partial charge on any atom is 0.231 e. The molecule has 0 bridgehead atoms. The average Bonchev–Trinajstić information content (AvgIpc) is 3.03. The summed E-state index contributed by atoms with van der Waals surface area (Å²) in [4.78, 5) is 24.4. The Labute approximate surface area is 121 Å². The van der Waals surface area contributed by atoms with E-state index >= 15 is 0 Å². The van der Waals surface area contributed by atoms with E-state index in [9.17, 15) is 9.59 Å². The van der Waals surface area contributed by atoms with Crippen LogP contribution in [0.5, 0.6) is 11.5 Å². The first-order chi connectivity index (χ1) is 10.0. The molecule has 6 nitrogen and oxygen atoms in total. The molecule has 2 aromatic rings. The number of Topliss-reactive ketones (excluding diaryl/α,β-unsaturated/α-hetero) is 2. The Morgan fingerprint density at radius 2 is 2.00 bits per heavy atom. The zero-order valence-electron chi connectivity index (χ0n) is 11.8. The van der Waals surface area contributed by atoms with Crippen LogP contribution in [0, 0.1) is 6.92 Å². The van der Waals surface area contributed by atoms with Gasteiger partial charge in [0, 0.05) is 18.8 Å². The van der Waals surface area contributed by atoms with Gasteiger partial charge in [-0.15, -0.1) is 0 Å². The Balaban J connectivity index is 1.77. The zero-order valence-corrected chi connectivity index (χ0v) is 11.8. The quantitative estimate of drug-likeness (QED) is 0.634. The minimum Gasteiger partial charge on any atom is -0.454 e. The van der Waals surface area contributed by atoms with Crippen molar-refractivity contribution < 1.29 is 19.1 Å². The van der Waals surface area contributed by atoms with Gasteiger partial charge in [0.05, 0.1) is 17.7 Å². The number of aryl methyl sites for hydroxylation is 2. The van der Waals surface area contributed by atoms with E-state index in [-0.39, 0.29) is 24.8 Å². The molecule has 108 valence electrons. The molecule has 0 fully saturated rings. The van der Waals surface area contributed by atoms with Gasteiger partial charge in [0.15, 0.2) is 23.1 Å². The van der Waals surface area contributed by atoms with Gasteiger partial charge in [-0.25, -0.2) is 0 Å². The molecule has 1 aromatic carbocycles. The molecule has 2 heterocycles. The van der Waals surface area contributed by atoms with Crippen molar-refractivity contribution >= 4 is 11.6 Å². The van der Waals surface area contributed by atoms with Gasteiger partial charge < -0.3 is 9.47 Å². The molecule has 0 amide bonds. The second-order valence-corrected chi connectivity index (χ2v) is 4.89. The van der Waals surface area contributed by atoms with Crippen LogP contribution in [0.25, 0.3) is 0 Å². The number of rotatable bonds is 4. The van der Waals surface area contributed by atoms with E-state index in [1.807, 2.05) is 0 Å². The normalized spacial score (nSPS) is 12.5. The third-order valence-corrected chi connectivity index (χ3v) is 3.33. The lowest BCUT2D eigenvalue weighted by Gasteiger charge is -2.02. The number of hydrogen-bond acceptors (Lipinski definition) is 5. The summed E-state index contributed by atoms with van der Waals surface area (Å²) in [5.41, 5.74) is 1.54. The second-order valence-electron chi connectivity index (χ2n) is 4.89. The number of aromatic nitrogens is 2. The summed E-state index contributed by atoms with van der Waals surface area (Å²) in [6, 6.07) is 4.92. The summed E-state index contributed by atoms with van der Waals surface area (Å²) in [5.74, 6) is 0.664. The van der Waals surface area contributed by atoms with E-state index in [1.54, 1.807) is 43.0 Å². The molecule has 0 N–H and O–H groups in total. The summed E-state index contributed by atoms with van der Waals surface area (Å²) in [7, 11) is 1.74. The Morgan fingerprint density at radius 3 is 2.71 bits per heavy atom. The summed E-state index contributed by atoms with van der Waals surface area (Å²) in [6.07, 6.45) is 1.44. The molecule has 0 aliphatic carbocycles. The van der Waals surface area contributed by atoms with Crippen LogP contribution in [0.15, 0.2) is 24.4 Å². The number of hydrogen-bond donors (Lipinski definition) is 0. The highest BCUT2D eigenvalue weighted by Crippen LogP contribution is 2.32. The van der Waals surface area contributed by atoms with Gasteiger partial charge in [0.1, 0.15) is 0 Å². The van der Waals surface area contributed by atoms with Crippen molar-refractivity contribution in [2.24, 2.45) is 7.05 Å². The summed E-state index contributed by atoms with van der Waals surface area (Å²) in [6.45, 7) is 1.90. The molecule has 6 heteroatoms. The van der Waals surface area contributed by atoms with Crippen LogP contribution in [-0.2, 0) is 7.05 Å². The number of ketones is 2. The van der Waals surface area contributed by atoms with Crippen LogP contribution >= 0.6 is 0 Å². The van der Waals surface area contributed by atoms with Crippen LogP contribution in [0.2, 0.25) is 0 Å². The topological polar surface area (TPSA) is 70.4 Å². The average molecular weight is 286 g/mol. The molecule has 21 heavy (non-hydrogen) atoms. The minimum absolute atomic E-state index is 0.154. The maximum atomic E-state index is 12.2. The van der Waals surface area contributed by atoms with Crippen molar-refractivity contribution in [1.82, 2.24) is 9.78 Å². The third-order valence-electron chi connectivity index (χ3n) is 3.33. The van der Waals surface area contributed by atoms with Gasteiger partial charge in [-0.3, -0.25) is 14.3 Å². The number of carbonyl (C=O) groups is 2. The molecule has 1 aromatic heterocycles. The van der Waals surface area contributed by atoms with Crippen molar-refractivity contribution in [2.75, 3.05) is 6.79 Å². The van der Waals surface area contributed by atoms with Gasteiger partial charge in [-0.2, -0.15) is 5.10 Å². The lowest BCUT2D eigenvalue weighted by atomic mass is 10.0. The minimum atomic E-state index is -0.249. The van der Waals surface area contributed by atoms with E-state index in [0.29, 0.717) is 28.3 Å². The highest BCUT2D eigenvalue weighted by atomic mass is 16.7. The summed E-state index contributed by atoms with van der Waals surface area (Å²) < 4.78 is 12.0. The zero-order chi connectivity index (χ0) is 15.0. The summed E-state index contributed by atoms with van der Waals surface area (Å²) >= 11 is 0. The molecule has 0 unspecified atom stereocenters. The SMILES string of the molecule is Cc1nn(C)cc1C(=O)CC(=O)c1ccc2c(c1)OCO2. The van der Waals surface area contributed by atoms with Crippen molar-refractivity contribution in [3.63, 3.8) is 0 Å². The Bertz CT molecular complexity index is 733. The first-order valence-corrected chi connectivity index (χ1v) is 6.51. The fraction of sp³-hybridized carbons (Fsp3) is 0.267. The van der Waals surface area contributed by atoms with E-state index in [0.717, 1.165) is 0 Å². The number of benzene rings is 1. The predicted octanol–water partition coefficient (Wildman–Crippen LogP) is 1.91. The molecule has 0 saturated carbocycles. The van der Waals surface area contributed by atoms with Gasteiger partial charge in [0.25, 0.3) is 0 Å². The predicted molar refractivity (Wildman–Crippen MR) is 73.8 cm³/mol. The standard InChI is InChI=1S/C15H14N2O4/c1-9-11(7-17(2)16-9)13(19)6-12(18)10-3-4-14-15(5-10)21-8-20-14/h3-5,7H,6,8H2,1-2H3.